The van der Waals surface area contributed by atoms with E-state index in [4.69, 9.17) is 11.5 Å². The predicted octanol–water partition coefficient (Wildman–Crippen LogP) is 1.33. The molecule has 1 heterocycles. The number of anilines is 1. The molecule has 0 saturated heterocycles. The molecular formula is C12H19IN4. The topological polar surface area (TPSA) is 67.6 Å². The number of hydrogen-bond acceptors (Lipinski definition) is 2. The van der Waals surface area contributed by atoms with Gasteiger partial charge < -0.3 is 16.4 Å². The van der Waals surface area contributed by atoms with Crippen molar-refractivity contribution in [3.05, 3.63) is 29.8 Å². The molecule has 0 amide bonds. The molecule has 17 heavy (non-hydrogen) atoms. The molecule has 0 radical (unpaired) electrons. The van der Waals surface area contributed by atoms with Gasteiger partial charge in [0, 0.05) is 18.3 Å². The van der Waals surface area contributed by atoms with E-state index in [0.29, 0.717) is 12.6 Å². The van der Waals surface area contributed by atoms with Gasteiger partial charge in [-0.3, -0.25) is 4.99 Å². The first-order chi connectivity index (χ1) is 7.68. The molecule has 1 unspecified atom stereocenters. The van der Waals surface area contributed by atoms with E-state index in [0.717, 1.165) is 13.0 Å². The van der Waals surface area contributed by atoms with Gasteiger partial charge in [-0.25, -0.2) is 0 Å². The lowest BCUT2D eigenvalue weighted by Crippen LogP contribution is -2.35. The molecule has 0 bridgehead atoms. The van der Waals surface area contributed by atoms with Gasteiger partial charge in [-0.05, 0) is 25.0 Å². The first kappa shape index (κ1) is 14.1. The number of rotatable bonds is 3. The lowest BCUT2D eigenvalue weighted by molar-refractivity contribution is 0.663. The molecule has 0 saturated carbocycles. The van der Waals surface area contributed by atoms with Crippen molar-refractivity contribution < 1.29 is 0 Å². The smallest absolute Gasteiger partial charge is 0.185 e. The van der Waals surface area contributed by atoms with Crippen LogP contribution >= 0.6 is 24.0 Å². The van der Waals surface area contributed by atoms with E-state index >= 15 is 0 Å². The summed E-state index contributed by atoms with van der Waals surface area (Å²) in [6.07, 6.45) is 1.11. The van der Waals surface area contributed by atoms with Crippen molar-refractivity contribution >= 4 is 35.6 Å². The standard InChI is InChI=1S/C12H18N4.HI/c1-9(8-15-12(13)14)16-7-6-10-4-2-3-5-11(10)16;/h2-5,9H,6-8H2,1H3,(H4,13,14,15);1H. The molecule has 1 atom stereocenters. The quantitative estimate of drug-likeness (QED) is 0.493. The summed E-state index contributed by atoms with van der Waals surface area (Å²) in [5.41, 5.74) is 13.4. The van der Waals surface area contributed by atoms with Crippen LogP contribution in [0.4, 0.5) is 5.69 Å². The molecule has 1 aromatic rings. The van der Waals surface area contributed by atoms with Crippen molar-refractivity contribution in [2.75, 3.05) is 18.0 Å². The highest BCUT2D eigenvalue weighted by molar-refractivity contribution is 14.0. The summed E-state index contributed by atoms with van der Waals surface area (Å²) in [7, 11) is 0. The number of halogens is 1. The summed E-state index contributed by atoms with van der Waals surface area (Å²) in [5, 5.41) is 0. The summed E-state index contributed by atoms with van der Waals surface area (Å²) in [6.45, 7) is 3.85. The number of aliphatic imine (C=N–C) groups is 1. The number of fused-ring (bicyclic) bond motifs is 1. The average molecular weight is 346 g/mol. The second-order valence-corrected chi connectivity index (χ2v) is 4.19. The van der Waals surface area contributed by atoms with Crippen LogP contribution in [0.2, 0.25) is 0 Å². The van der Waals surface area contributed by atoms with Crippen molar-refractivity contribution in [2.24, 2.45) is 16.5 Å². The van der Waals surface area contributed by atoms with E-state index in [-0.39, 0.29) is 29.9 Å². The normalized spacial score (nSPS) is 14.8. The largest absolute Gasteiger partial charge is 0.370 e. The fraction of sp³-hybridized carbons (Fsp3) is 0.417. The van der Waals surface area contributed by atoms with Gasteiger partial charge in [-0.15, -0.1) is 24.0 Å². The van der Waals surface area contributed by atoms with E-state index in [1.54, 1.807) is 0 Å². The number of para-hydroxylation sites is 1. The van der Waals surface area contributed by atoms with Crippen LogP contribution < -0.4 is 16.4 Å². The third-order valence-corrected chi connectivity index (χ3v) is 2.99. The molecule has 1 aliphatic rings. The zero-order valence-corrected chi connectivity index (χ0v) is 12.3. The van der Waals surface area contributed by atoms with Crippen molar-refractivity contribution in [2.45, 2.75) is 19.4 Å². The van der Waals surface area contributed by atoms with Crippen molar-refractivity contribution in [3.63, 3.8) is 0 Å². The maximum Gasteiger partial charge on any atom is 0.185 e. The first-order valence-electron chi connectivity index (χ1n) is 5.58. The fourth-order valence-electron chi connectivity index (χ4n) is 2.16. The minimum atomic E-state index is 0. The van der Waals surface area contributed by atoms with Crippen molar-refractivity contribution in [1.29, 1.82) is 0 Å². The van der Waals surface area contributed by atoms with Crippen LogP contribution in [0.15, 0.2) is 29.3 Å². The molecule has 4 N–H and O–H groups in total. The Morgan fingerprint density at radius 2 is 2.12 bits per heavy atom. The third kappa shape index (κ3) is 3.24. The minimum absolute atomic E-state index is 0. The summed E-state index contributed by atoms with van der Waals surface area (Å²) in [5.74, 6) is 0.166. The minimum Gasteiger partial charge on any atom is -0.370 e. The van der Waals surface area contributed by atoms with Gasteiger partial charge in [0.25, 0.3) is 0 Å². The SMILES string of the molecule is CC(CN=C(N)N)N1CCc2ccccc21.I. The molecule has 0 aromatic heterocycles. The average Bonchev–Trinajstić information content (AvgIpc) is 2.69. The van der Waals surface area contributed by atoms with Crippen molar-refractivity contribution in [3.8, 4) is 0 Å². The van der Waals surface area contributed by atoms with E-state index in [9.17, 15) is 0 Å². The Hall–Kier alpha value is -0.980. The highest BCUT2D eigenvalue weighted by atomic mass is 127. The highest BCUT2D eigenvalue weighted by Gasteiger charge is 2.22. The van der Waals surface area contributed by atoms with Gasteiger partial charge >= 0.3 is 0 Å². The fourth-order valence-corrected chi connectivity index (χ4v) is 2.16. The summed E-state index contributed by atoms with van der Waals surface area (Å²) >= 11 is 0. The van der Waals surface area contributed by atoms with Crippen molar-refractivity contribution in [1.82, 2.24) is 0 Å². The molecular weight excluding hydrogens is 327 g/mol. The first-order valence-corrected chi connectivity index (χ1v) is 5.58. The molecule has 0 aliphatic carbocycles. The van der Waals surface area contributed by atoms with Crippen LogP contribution in [0.5, 0.6) is 0 Å². The van der Waals surface area contributed by atoms with E-state index < -0.39 is 0 Å². The Morgan fingerprint density at radius 1 is 1.41 bits per heavy atom. The number of benzene rings is 1. The van der Waals surface area contributed by atoms with Crippen LogP contribution in [0, 0.1) is 0 Å². The molecule has 0 fully saturated rings. The Bertz CT molecular complexity index is 401. The Balaban J connectivity index is 0.00000144. The number of nitrogens with zero attached hydrogens (tertiary/aromatic N) is 2. The zero-order chi connectivity index (χ0) is 11.5. The second-order valence-electron chi connectivity index (χ2n) is 4.19. The van der Waals surface area contributed by atoms with Crippen LogP contribution in [0.3, 0.4) is 0 Å². The molecule has 1 aromatic carbocycles. The van der Waals surface area contributed by atoms with Gasteiger partial charge in [-0.2, -0.15) is 0 Å². The van der Waals surface area contributed by atoms with E-state index in [2.05, 4.69) is 41.1 Å². The number of guanidine groups is 1. The summed E-state index contributed by atoms with van der Waals surface area (Å²) < 4.78 is 0. The summed E-state index contributed by atoms with van der Waals surface area (Å²) in [4.78, 5) is 6.44. The maximum absolute atomic E-state index is 5.34. The second kappa shape index (κ2) is 6.09. The van der Waals surface area contributed by atoms with Crippen LogP contribution in [0.1, 0.15) is 12.5 Å². The Morgan fingerprint density at radius 3 is 2.82 bits per heavy atom. The van der Waals surface area contributed by atoms with Gasteiger partial charge in [0.2, 0.25) is 0 Å². The van der Waals surface area contributed by atoms with Crippen LogP contribution in [0.25, 0.3) is 0 Å². The monoisotopic (exact) mass is 346 g/mol. The van der Waals surface area contributed by atoms with Crippen LogP contribution in [-0.2, 0) is 6.42 Å². The lowest BCUT2D eigenvalue weighted by Gasteiger charge is -2.26. The van der Waals surface area contributed by atoms with E-state index in [1.165, 1.54) is 11.3 Å². The Kier molecular flexibility index (Phi) is 5.04. The highest BCUT2D eigenvalue weighted by Crippen LogP contribution is 2.28. The molecule has 5 heteroatoms. The molecule has 4 nitrogen and oxygen atoms in total. The maximum atomic E-state index is 5.34. The van der Waals surface area contributed by atoms with Gasteiger partial charge in [0.05, 0.1) is 6.54 Å². The molecule has 2 rings (SSSR count). The molecule has 94 valence electrons. The number of nitrogens with two attached hydrogens (primary N) is 2. The lowest BCUT2D eigenvalue weighted by atomic mass is 10.2. The van der Waals surface area contributed by atoms with Gasteiger partial charge in [0.15, 0.2) is 5.96 Å². The van der Waals surface area contributed by atoms with Gasteiger partial charge in [-0.1, -0.05) is 18.2 Å². The zero-order valence-electron chi connectivity index (χ0n) is 9.97. The summed E-state index contributed by atoms with van der Waals surface area (Å²) in [6, 6.07) is 8.84. The number of hydrogen-bond donors (Lipinski definition) is 2. The predicted molar refractivity (Wildman–Crippen MR) is 83.0 cm³/mol. The van der Waals surface area contributed by atoms with Gasteiger partial charge in [0.1, 0.15) is 0 Å². The van der Waals surface area contributed by atoms with E-state index in [1.807, 2.05) is 0 Å². The molecule has 1 aliphatic heterocycles. The molecule has 0 spiro atoms. The Labute approximate surface area is 119 Å². The third-order valence-electron chi connectivity index (χ3n) is 2.99. The van der Waals surface area contributed by atoms with Crippen LogP contribution in [-0.4, -0.2) is 25.1 Å².